The second kappa shape index (κ2) is 27.1. The number of aliphatic hydroxyl groups excluding tert-OH is 8. The summed E-state index contributed by atoms with van der Waals surface area (Å²) in [7, 11) is 0. The van der Waals surface area contributed by atoms with Gasteiger partial charge in [-0.05, 0) is 136 Å². The van der Waals surface area contributed by atoms with Crippen LogP contribution in [0.1, 0.15) is 61.7 Å². The Kier molecular flexibility index (Phi) is 25.1. The number of carbonyl (C=O) groups excluding carboxylic acids is 6. The van der Waals surface area contributed by atoms with Crippen molar-refractivity contribution in [1.29, 1.82) is 0 Å². The fourth-order valence-corrected chi connectivity index (χ4v) is 15.0. The van der Waals surface area contributed by atoms with Crippen LogP contribution in [0.2, 0.25) is 0 Å². The number of hydrogen-bond donors (Lipinski definition) is 12. The molecular weight excluding hydrogens is 1490 g/mol. The summed E-state index contributed by atoms with van der Waals surface area (Å²) < 4.78 is 1.00. The van der Waals surface area contributed by atoms with Crippen molar-refractivity contribution in [3.05, 3.63) is 43.7 Å². The third kappa shape index (κ3) is 14.7. The number of rotatable bonds is 22. The second-order valence-corrected chi connectivity index (χ2v) is 19.4. The van der Waals surface area contributed by atoms with Gasteiger partial charge in [-0.3, -0.25) is 28.8 Å². The molecule has 20 nitrogen and oxygen atoms in total. The molecule has 340 valence electrons. The minimum absolute atomic E-state index is 0.0416. The number of carbonyl (C=O) groups is 6. The lowest BCUT2D eigenvalue weighted by Gasteiger charge is -2.31. The number of amides is 6. The van der Waals surface area contributed by atoms with Gasteiger partial charge in [0.25, 0.3) is 23.6 Å². The molecule has 61 heavy (non-hydrogen) atoms. The number of anilines is 2. The molecule has 12 N–H and O–H groups in total. The zero-order valence-electron chi connectivity index (χ0n) is 32.3. The summed E-state index contributed by atoms with van der Waals surface area (Å²) in [6.45, 7) is -2.17. The highest BCUT2D eigenvalue weighted by Crippen LogP contribution is 2.40. The van der Waals surface area contributed by atoms with Crippen LogP contribution < -0.4 is 31.1 Å². The Morgan fingerprint density at radius 1 is 0.492 bits per heavy atom. The van der Waals surface area contributed by atoms with Crippen LogP contribution in [0.3, 0.4) is 0 Å². The Morgan fingerprint density at radius 3 is 1.02 bits per heavy atom. The highest BCUT2D eigenvalue weighted by Gasteiger charge is 2.35. The third-order valence-electron chi connectivity index (χ3n) is 8.47. The molecular formula is C35H44I6N6O14. The standard InChI is InChI=1S/C35H44I6N6O14/c1-14(54)46(30-26(38)20(32(58)42-3-5-48)24(36)22(28(30)40)34(60)44-16(10-50)11-51)8-18(56)7-19(57)9-47(15(2)55)31-27(39)21(33(59)43-4-6-49)25(37)23(29(31)41)35(61)45-17(12-52)13-53/h16-19,48-53,56-57H,3-13H2,1-2H3,(H,42,58)(H,43,59)(H,44,60)(H,45,61). The lowest BCUT2D eigenvalue weighted by Crippen LogP contribution is -2.44. The van der Waals surface area contributed by atoms with Gasteiger partial charge in [0.05, 0.1) is 125 Å². The van der Waals surface area contributed by atoms with Crippen molar-refractivity contribution in [3.63, 3.8) is 0 Å². The van der Waals surface area contributed by atoms with E-state index in [0.717, 1.165) is 9.80 Å². The van der Waals surface area contributed by atoms with Crippen molar-refractivity contribution in [1.82, 2.24) is 21.3 Å². The van der Waals surface area contributed by atoms with Crippen LogP contribution in [0.5, 0.6) is 0 Å². The largest absolute Gasteiger partial charge is 0.395 e. The maximum atomic E-state index is 13.6. The Morgan fingerprint density at radius 2 is 0.770 bits per heavy atom. The first-order chi connectivity index (χ1) is 28.7. The van der Waals surface area contributed by atoms with Gasteiger partial charge < -0.3 is 71.9 Å². The van der Waals surface area contributed by atoms with Crippen molar-refractivity contribution >= 4 is 182 Å². The van der Waals surface area contributed by atoms with Gasteiger partial charge in [-0.2, -0.15) is 0 Å². The smallest absolute Gasteiger partial charge is 0.253 e. The summed E-state index contributed by atoms with van der Waals surface area (Å²) in [5, 5.41) is 90.0. The molecule has 0 radical (unpaired) electrons. The van der Waals surface area contributed by atoms with Crippen LogP contribution in [0.15, 0.2) is 0 Å². The van der Waals surface area contributed by atoms with Gasteiger partial charge in [0, 0.05) is 40.5 Å². The van der Waals surface area contributed by atoms with E-state index in [2.05, 4.69) is 21.3 Å². The quantitative estimate of drug-likeness (QED) is 0.0659. The van der Waals surface area contributed by atoms with Crippen molar-refractivity contribution < 1.29 is 69.6 Å². The van der Waals surface area contributed by atoms with Crippen LogP contribution in [0, 0.1) is 21.4 Å². The van der Waals surface area contributed by atoms with Crippen molar-refractivity contribution in [2.24, 2.45) is 0 Å². The van der Waals surface area contributed by atoms with E-state index >= 15 is 0 Å². The van der Waals surface area contributed by atoms with Gasteiger partial charge >= 0.3 is 0 Å². The maximum Gasteiger partial charge on any atom is 0.253 e. The Labute approximate surface area is 431 Å². The van der Waals surface area contributed by atoms with Crippen molar-refractivity contribution in [3.8, 4) is 0 Å². The van der Waals surface area contributed by atoms with Crippen LogP contribution >= 0.6 is 136 Å². The third-order valence-corrected chi connectivity index (χ3v) is 14.8. The molecule has 0 bridgehead atoms. The fourth-order valence-electron chi connectivity index (χ4n) is 5.54. The number of hydrogen-bond acceptors (Lipinski definition) is 14. The average Bonchev–Trinajstić information content (AvgIpc) is 3.19. The number of nitrogens with zero attached hydrogens (tertiary/aromatic N) is 2. The lowest BCUT2D eigenvalue weighted by atomic mass is 10.0. The van der Waals surface area contributed by atoms with Crippen molar-refractivity contribution in [2.75, 3.05) is 75.6 Å². The van der Waals surface area contributed by atoms with Gasteiger partial charge in [-0.25, -0.2) is 0 Å². The maximum absolute atomic E-state index is 13.6. The van der Waals surface area contributed by atoms with E-state index in [1.54, 1.807) is 90.4 Å². The van der Waals surface area contributed by atoms with Gasteiger partial charge in [-0.1, -0.05) is 0 Å². The molecule has 0 aliphatic rings. The Balaban J connectivity index is 2.69. The molecule has 2 unspecified atom stereocenters. The molecule has 2 aromatic rings. The molecule has 2 aromatic carbocycles. The van der Waals surface area contributed by atoms with Crippen LogP contribution in [0.4, 0.5) is 11.4 Å². The second-order valence-electron chi connectivity index (χ2n) is 12.9. The molecule has 0 saturated carbocycles. The first kappa shape index (κ1) is 56.4. The molecule has 0 aliphatic carbocycles. The zero-order chi connectivity index (χ0) is 46.5. The number of nitrogens with one attached hydrogen (secondary N) is 4. The summed E-state index contributed by atoms with van der Waals surface area (Å²) in [6.07, 6.45) is -3.48. The molecule has 2 atom stereocenters. The molecule has 0 spiro atoms. The van der Waals surface area contributed by atoms with Gasteiger partial charge in [0.15, 0.2) is 0 Å². The summed E-state index contributed by atoms with van der Waals surface area (Å²) in [6, 6.07) is -2.13. The number of benzene rings is 2. The van der Waals surface area contributed by atoms with Crippen LogP contribution in [-0.4, -0.2) is 166 Å². The van der Waals surface area contributed by atoms with E-state index in [1.807, 2.05) is 45.2 Å². The molecule has 0 saturated heterocycles. The molecule has 0 aliphatic heterocycles. The van der Waals surface area contributed by atoms with Gasteiger partial charge in [0.1, 0.15) is 0 Å². The normalized spacial score (nSPS) is 12.2. The van der Waals surface area contributed by atoms with E-state index in [0.29, 0.717) is 0 Å². The molecule has 26 heteroatoms. The number of aliphatic hydroxyl groups is 8. The topological polar surface area (TPSA) is 319 Å². The summed E-state index contributed by atoms with van der Waals surface area (Å²) in [5.41, 5.74) is -0.166. The summed E-state index contributed by atoms with van der Waals surface area (Å²) in [5.74, 6) is -4.27. The Hall–Kier alpha value is -0.680. The van der Waals surface area contributed by atoms with Crippen LogP contribution in [-0.2, 0) is 9.59 Å². The summed E-state index contributed by atoms with van der Waals surface area (Å²) >= 11 is 10.8. The van der Waals surface area contributed by atoms with E-state index in [4.69, 9.17) is 0 Å². The van der Waals surface area contributed by atoms with Gasteiger partial charge in [0.2, 0.25) is 11.8 Å². The Bertz CT molecular complexity index is 1820. The molecule has 0 fully saturated rings. The fraction of sp³-hybridized carbons (Fsp3) is 0.486. The first-order valence-electron chi connectivity index (χ1n) is 17.8. The minimum Gasteiger partial charge on any atom is -0.395 e. The van der Waals surface area contributed by atoms with Gasteiger partial charge in [-0.15, -0.1) is 0 Å². The zero-order valence-corrected chi connectivity index (χ0v) is 45.2. The van der Waals surface area contributed by atoms with E-state index in [9.17, 15) is 69.6 Å². The minimum atomic E-state index is -1.51. The summed E-state index contributed by atoms with van der Waals surface area (Å²) in [4.78, 5) is 82.9. The monoisotopic (exact) mass is 1530 g/mol. The highest BCUT2D eigenvalue weighted by atomic mass is 127. The average molecular weight is 1530 g/mol. The van der Waals surface area contributed by atoms with Crippen molar-refractivity contribution in [2.45, 2.75) is 44.6 Å². The number of halogens is 6. The first-order valence-corrected chi connectivity index (χ1v) is 24.3. The highest BCUT2D eigenvalue weighted by molar-refractivity contribution is 14.1. The lowest BCUT2D eigenvalue weighted by molar-refractivity contribution is -0.117. The molecule has 2 rings (SSSR count). The SMILES string of the molecule is CC(=O)N(CC(O)CC(O)CN(C(C)=O)c1c(I)c(C(=O)NCCO)c(I)c(C(=O)NC(CO)CO)c1I)c1c(I)c(C(=O)NCCO)c(I)c(C(=O)NC(CO)CO)c1I. The van der Waals surface area contributed by atoms with E-state index < -0.39 is 119 Å². The predicted octanol–water partition coefficient (Wildman–Crippen LogP) is -0.558. The van der Waals surface area contributed by atoms with E-state index in [1.165, 1.54) is 13.8 Å². The molecule has 0 heterocycles. The van der Waals surface area contributed by atoms with E-state index in [-0.39, 0.29) is 68.1 Å². The molecule has 6 amide bonds. The molecule has 0 aromatic heterocycles. The van der Waals surface area contributed by atoms with Crippen LogP contribution in [0.25, 0.3) is 0 Å². The predicted molar refractivity (Wildman–Crippen MR) is 272 cm³/mol.